The van der Waals surface area contributed by atoms with Crippen LogP contribution in [0, 0.1) is 0 Å². The van der Waals surface area contributed by atoms with Crippen molar-refractivity contribution in [2.24, 2.45) is 0 Å². The Labute approximate surface area is 115 Å². The monoisotopic (exact) mass is 252 g/mol. The van der Waals surface area contributed by atoms with E-state index in [0.29, 0.717) is 12.3 Å². The normalized spacial score (nSPS) is 10.7. The van der Waals surface area contributed by atoms with Gasteiger partial charge < -0.3 is 0 Å². The van der Waals surface area contributed by atoms with Gasteiger partial charge in [0, 0.05) is 6.42 Å². The predicted molar refractivity (Wildman–Crippen MR) is 80.4 cm³/mol. The summed E-state index contributed by atoms with van der Waals surface area (Å²) < 4.78 is 0. The summed E-state index contributed by atoms with van der Waals surface area (Å²) >= 11 is 0. The molecule has 2 rings (SSSR count). The molecule has 0 fully saturated rings. The van der Waals surface area contributed by atoms with Gasteiger partial charge in [-0.25, -0.2) is 0 Å². The van der Waals surface area contributed by atoms with Crippen LogP contribution in [0.4, 0.5) is 0 Å². The first-order valence-corrected chi connectivity index (χ1v) is 6.75. The maximum Gasteiger partial charge on any atom is 0.134 e. The van der Waals surface area contributed by atoms with Gasteiger partial charge in [-0.2, -0.15) is 0 Å². The third kappa shape index (κ3) is 3.31. The lowest BCUT2D eigenvalue weighted by Crippen LogP contribution is -1.99. The molecule has 0 aliphatic rings. The Morgan fingerprint density at radius 3 is 2.32 bits per heavy atom. The zero-order valence-electron chi connectivity index (χ0n) is 11.8. The average molecular weight is 252 g/mol. The predicted octanol–water partition coefficient (Wildman–Crippen LogP) is 4.61. The number of ketones is 1. The van der Waals surface area contributed by atoms with Crippen LogP contribution < -0.4 is 0 Å². The standard InChI is InChI=1S/C18H20O/c1-13(2)17-10-9-15(11-14(3)19)12-18(17)16-7-5-4-6-8-16/h4-10,12-13H,11H2,1-3H3. The molecule has 0 radical (unpaired) electrons. The van der Waals surface area contributed by atoms with E-state index in [1.807, 2.05) is 6.07 Å². The van der Waals surface area contributed by atoms with Gasteiger partial charge in [0.05, 0.1) is 0 Å². The summed E-state index contributed by atoms with van der Waals surface area (Å²) in [6, 6.07) is 16.8. The molecule has 19 heavy (non-hydrogen) atoms. The summed E-state index contributed by atoms with van der Waals surface area (Å²) in [6.45, 7) is 6.04. The van der Waals surface area contributed by atoms with E-state index in [0.717, 1.165) is 5.56 Å². The van der Waals surface area contributed by atoms with Gasteiger partial charge in [-0.3, -0.25) is 4.79 Å². The van der Waals surface area contributed by atoms with E-state index in [2.05, 4.69) is 56.3 Å². The minimum absolute atomic E-state index is 0.205. The van der Waals surface area contributed by atoms with Gasteiger partial charge in [-0.15, -0.1) is 0 Å². The van der Waals surface area contributed by atoms with Crippen molar-refractivity contribution in [3.63, 3.8) is 0 Å². The van der Waals surface area contributed by atoms with Crippen molar-refractivity contribution in [2.75, 3.05) is 0 Å². The first kappa shape index (κ1) is 13.5. The maximum absolute atomic E-state index is 11.3. The summed E-state index contributed by atoms with van der Waals surface area (Å²) in [5.74, 6) is 0.679. The van der Waals surface area contributed by atoms with Gasteiger partial charge in [0.1, 0.15) is 5.78 Å². The molecule has 1 heteroatoms. The first-order valence-electron chi connectivity index (χ1n) is 6.75. The van der Waals surface area contributed by atoms with Crippen LogP contribution >= 0.6 is 0 Å². The Bertz CT molecular complexity index is 567. The highest BCUT2D eigenvalue weighted by Gasteiger charge is 2.10. The molecule has 0 saturated carbocycles. The SMILES string of the molecule is CC(=O)Cc1ccc(C(C)C)c(-c2ccccc2)c1. The van der Waals surface area contributed by atoms with Crippen LogP contribution in [0.25, 0.3) is 11.1 Å². The second-order valence-electron chi connectivity index (χ2n) is 5.32. The van der Waals surface area contributed by atoms with E-state index < -0.39 is 0 Å². The van der Waals surface area contributed by atoms with Crippen molar-refractivity contribution in [1.82, 2.24) is 0 Å². The van der Waals surface area contributed by atoms with Gasteiger partial charge in [0.2, 0.25) is 0 Å². The quantitative estimate of drug-likeness (QED) is 0.776. The Hall–Kier alpha value is -1.89. The molecule has 0 aromatic heterocycles. The molecule has 0 saturated heterocycles. The fourth-order valence-electron chi connectivity index (χ4n) is 2.37. The fourth-order valence-corrected chi connectivity index (χ4v) is 2.37. The van der Waals surface area contributed by atoms with E-state index >= 15 is 0 Å². The minimum Gasteiger partial charge on any atom is -0.300 e. The lowest BCUT2D eigenvalue weighted by molar-refractivity contribution is -0.116. The number of hydrogen-bond donors (Lipinski definition) is 0. The largest absolute Gasteiger partial charge is 0.300 e. The number of hydrogen-bond acceptors (Lipinski definition) is 1. The smallest absolute Gasteiger partial charge is 0.134 e. The number of Topliss-reactive ketones (excluding diaryl/α,β-unsaturated/α-hetero) is 1. The van der Waals surface area contributed by atoms with Crippen molar-refractivity contribution in [3.05, 3.63) is 59.7 Å². The van der Waals surface area contributed by atoms with E-state index in [1.165, 1.54) is 16.7 Å². The summed E-state index contributed by atoms with van der Waals surface area (Å²) in [4.78, 5) is 11.3. The van der Waals surface area contributed by atoms with Gasteiger partial charge >= 0.3 is 0 Å². The van der Waals surface area contributed by atoms with E-state index in [-0.39, 0.29) is 5.78 Å². The van der Waals surface area contributed by atoms with Gasteiger partial charge in [0.15, 0.2) is 0 Å². The molecule has 2 aromatic carbocycles. The molecule has 0 unspecified atom stereocenters. The van der Waals surface area contributed by atoms with Crippen LogP contribution in [0.1, 0.15) is 37.8 Å². The summed E-state index contributed by atoms with van der Waals surface area (Å²) in [6.07, 6.45) is 0.512. The highest BCUT2D eigenvalue weighted by atomic mass is 16.1. The number of carbonyl (C=O) groups excluding carboxylic acids is 1. The number of carbonyl (C=O) groups is 1. The van der Waals surface area contributed by atoms with E-state index in [4.69, 9.17) is 0 Å². The van der Waals surface area contributed by atoms with E-state index in [1.54, 1.807) is 6.92 Å². The van der Waals surface area contributed by atoms with Crippen LogP contribution in [0.2, 0.25) is 0 Å². The fraction of sp³-hybridized carbons (Fsp3) is 0.278. The Morgan fingerprint density at radius 2 is 1.74 bits per heavy atom. The molecule has 0 aliphatic carbocycles. The molecule has 0 heterocycles. The molecule has 98 valence electrons. The number of rotatable bonds is 4. The van der Waals surface area contributed by atoms with Crippen LogP contribution in [0.15, 0.2) is 48.5 Å². The molecule has 0 aliphatic heterocycles. The molecule has 0 spiro atoms. The Morgan fingerprint density at radius 1 is 1.05 bits per heavy atom. The Balaban J connectivity index is 2.51. The van der Waals surface area contributed by atoms with Crippen molar-refractivity contribution < 1.29 is 4.79 Å². The third-order valence-corrected chi connectivity index (χ3v) is 3.28. The highest BCUT2D eigenvalue weighted by molar-refractivity contribution is 5.79. The minimum atomic E-state index is 0.205. The molecular formula is C18H20O. The van der Waals surface area contributed by atoms with Crippen molar-refractivity contribution in [3.8, 4) is 11.1 Å². The Kier molecular flexibility index (Phi) is 4.16. The van der Waals surface area contributed by atoms with E-state index in [9.17, 15) is 4.79 Å². The van der Waals surface area contributed by atoms with Crippen LogP contribution in [-0.2, 0) is 11.2 Å². The van der Waals surface area contributed by atoms with Gasteiger partial charge in [-0.1, -0.05) is 62.4 Å². The molecule has 0 amide bonds. The van der Waals surface area contributed by atoms with Crippen molar-refractivity contribution >= 4 is 5.78 Å². The second-order valence-corrected chi connectivity index (χ2v) is 5.32. The third-order valence-electron chi connectivity index (χ3n) is 3.28. The van der Waals surface area contributed by atoms with Crippen LogP contribution in [0.3, 0.4) is 0 Å². The summed E-state index contributed by atoms with van der Waals surface area (Å²) in [5.41, 5.74) is 4.89. The molecule has 2 aromatic rings. The van der Waals surface area contributed by atoms with Crippen molar-refractivity contribution in [1.29, 1.82) is 0 Å². The first-order chi connectivity index (χ1) is 9.08. The molecule has 1 nitrogen and oxygen atoms in total. The molecular weight excluding hydrogens is 232 g/mol. The topological polar surface area (TPSA) is 17.1 Å². The summed E-state index contributed by atoms with van der Waals surface area (Å²) in [5, 5.41) is 0. The van der Waals surface area contributed by atoms with Gasteiger partial charge in [0.25, 0.3) is 0 Å². The lowest BCUT2D eigenvalue weighted by atomic mass is 9.90. The zero-order valence-corrected chi connectivity index (χ0v) is 11.8. The second kappa shape index (κ2) is 5.83. The molecule has 0 N–H and O–H groups in total. The molecule has 0 bridgehead atoms. The number of benzene rings is 2. The van der Waals surface area contributed by atoms with Gasteiger partial charge in [-0.05, 0) is 35.1 Å². The molecule has 0 atom stereocenters. The highest BCUT2D eigenvalue weighted by Crippen LogP contribution is 2.30. The maximum atomic E-state index is 11.3. The van der Waals surface area contributed by atoms with Crippen LogP contribution in [-0.4, -0.2) is 5.78 Å². The summed E-state index contributed by atoms with van der Waals surface area (Å²) in [7, 11) is 0. The van der Waals surface area contributed by atoms with Crippen molar-refractivity contribution in [2.45, 2.75) is 33.1 Å². The zero-order chi connectivity index (χ0) is 13.8. The lowest BCUT2D eigenvalue weighted by Gasteiger charge is -2.14. The average Bonchev–Trinajstić information content (AvgIpc) is 2.38. The van der Waals surface area contributed by atoms with Crippen LogP contribution in [0.5, 0.6) is 0 Å².